The average molecular weight is 191 g/mol. The van der Waals surface area contributed by atoms with Gasteiger partial charge < -0.3 is 0 Å². The monoisotopic (exact) mass is 190 g/mol. The lowest BCUT2D eigenvalue weighted by Gasteiger charge is -2.07. The first-order valence-corrected chi connectivity index (χ1v) is 5.24. The van der Waals surface area contributed by atoms with Crippen molar-refractivity contribution in [2.24, 2.45) is 0 Å². The highest BCUT2D eigenvalue weighted by Crippen LogP contribution is 2.14. The van der Waals surface area contributed by atoms with E-state index >= 15 is 0 Å². The molecule has 2 nitrogen and oxygen atoms in total. The van der Waals surface area contributed by atoms with E-state index < -0.39 is 19.7 Å². The van der Waals surface area contributed by atoms with Gasteiger partial charge in [-0.05, 0) is 13.8 Å². The predicted octanol–water partition coefficient (Wildman–Crippen LogP) is 1.57. The molecule has 2 atom stereocenters. The zero-order valence-electron chi connectivity index (χ0n) is 5.14. The molecule has 56 valence electrons. The molecule has 0 rings (SSSR count). The summed E-state index contributed by atoms with van der Waals surface area (Å²) in [5.74, 6) is 0. The molecule has 0 saturated carbocycles. The second kappa shape index (κ2) is 3.08. The Hall–Kier alpha value is 0.530. The molecule has 0 fully saturated rings. The molecule has 0 aliphatic heterocycles. The summed E-state index contributed by atoms with van der Waals surface area (Å²) >= 11 is 5.45. The quantitative estimate of drug-likeness (QED) is 0.490. The van der Waals surface area contributed by atoms with Gasteiger partial charge in [0.25, 0.3) is 0 Å². The summed E-state index contributed by atoms with van der Waals surface area (Å²) in [6.07, 6.45) is 0. The lowest BCUT2D eigenvalue weighted by Crippen LogP contribution is -2.20. The first kappa shape index (κ1) is 9.53. The molecule has 0 saturated heterocycles. The Bertz CT molecular complexity index is 173. The van der Waals surface area contributed by atoms with Crippen molar-refractivity contribution in [2.45, 2.75) is 24.5 Å². The average Bonchev–Trinajstić information content (AvgIpc) is 1.62. The SMILES string of the molecule is CC(Cl)[C@H](C)S(=O)(=O)Cl. The molecule has 0 aliphatic rings. The van der Waals surface area contributed by atoms with E-state index in [1.807, 2.05) is 0 Å². The third-order valence-corrected chi connectivity index (χ3v) is 3.76. The van der Waals surface area contributed by atoms with Crippen LogP contribution in [0, 0.1) is 0 Å². The zero-order chi connectivity index (χ0) is 7.65. The van der Waals surface area contributed by atoms with Gasteiger partial charge in [0, 0.05) is 16.1 Å². The Kier molecular flexibility index (Phi) is 3.26. The summed E-state index contributed by atoms with van der Waals surface area (Å²) in [6, 6.07) is 0. The van der Waals surface area contributed by atoms with E-state index in [4.69, 9.17) is 22.3 Å². The summed E-state index contributed by atoms with van der Waals surface area (Å²) in [5, 5.41) is -1.12. The standard InChI is InChI=1S/C4H8Cl2O2S/c1-3(5)4(2)9(6,7)8/h3-4H,1-2H3/t3?,4-/m0/s1. The van der Waals surface area contributed by atoms with Gasteiger partial charge in [-0.3, -0.25) is 0 Å². The van der Waals surface area contributed by atoms with E-state index in [2.05, 4.69) is 0 Å². The first-order chi connectivity index (χ1) is 3.85. The molecular formula is C4H8Cl2O2S. The Morgan fingerprint density at radius 1 is 1.33 bits per heavy atom. The molecule has 0 amide bonds. The lowest BCUT2D eigenvalue weighted by molar-refractivity contribution is 0.596. The molecule has 1 unspecified atom stereocenters. The molecule has 0 aliphatic carbocycles. The topological polar surface area (TPSA) is 34.1 Å². The highest BCUT2D eigenvalue weighted by Gasteiger charge is 2.21. The smallest absolute Gasteiger partial charge is 0.212 e. The van der Waals surface area contributed by atoms with Crippen LogP contribution in [0.25, 0.3) is 0 Å². The Labute approximate surface area is 64.6 Å². The summed E-state index contributed by atoms with van der Waals surface area (Å²) in [5.41, 5.74) is 0. The van der Waals surface area contributed by atoms with E-state index in [1.165, 1.54) is 6.92 Å². The minimum Gasteiger partial charge on any atom is -0.212 e. The summed E-state index contributed by atoms with van der Waals surface area (Å²) < 4.78 is 20.9. The van der Waals surface area contributed by atoms with Gasteiger partial charge in [0.15, 0.2) is 0 Å². The Balaban J connectivity index is 4.24. The van der Waals surface area contributed by atoms with Gasteiger partial charge in [0.2, 0.25) is 9.05 Å². The van der Waals surface area contributed by atoms with E-state index in [0.717, 1.165) is 0 Å². The number of alkyl halides is 1. The van der Waals surface area contributed by atoms with Crippen molar-refractivity contribution in [3.63, 3.8) is 0 Å². The van der Waals surface area contributed by atoms with Crippen LogP contribution in [0.4, 0.5) is 0 Å². The predicted molar refractivity (Wildman–Crippen MR) is 39.5 cm³/mol. The van der Waals surface area contributed by atoms with Crippen molar-refractivity contribution >= 4 is 31.3 Å². The minimum absolute atomic E-state index is 0.438. The van der Waals surface area contributed by atoms with Gasteiger partial charge >= 0.3 is 0 Å². The maximum atomic E-state index is 10.5. The molecule has 5 heteroatoms. The van der Waals surface area contributed by atoms with Crippen molar-refractivity contribution in [2.75, 3.05) is 0 Å². The van der Waals surface area contributed by atoms with Crippen molar-refractivity contribution in [3.8, 4) is 0 Å². The molecule has 0 spiro atoms. The largest absolute Gasteiger partial charge is 0.236 e. The van der Waals surface area contributed by atoms with E-state index in [1.54, 1.807) is 6.92 Å². The summed E-state index contributed by atoms with van der Waals surface area (Å²) in [4.78, 5) is 0. The molecule has 0 aromatic carbocycles. The molecule has 0 bridgehead atoms. The normalized spacial score (nSPS) is 19.1. The van der Waals surface area contributed by atoms with Gasteiger partial charge in [0.1, 0.15) is 0 Å². The van der Waals surface area contributed by atoms with E-state index in [0.29, 0.717) is 0 Å². The number of halogens is 2. The van der Waals surface area contributed by atoms with Crippen LogP contribution in [-0.2, 0) is 9.05 Å². The first-order valence-electron chi connectivity index (χ1n) is 2.43. The van der Waals surface area contributed by atoms with Crippen LogP contribution in [0.3, 0.4) is 0 Å². The van der Waals surface area contributed by atoms with Gasteiger partial charge in [-0.1, -0.05) is 0 Å². The van der Waals surface area contributed by atoms with Crippen LogP contribution in [-0.4, -0.2) is 19.0 Å². The zero-order valence-corrected chi connectivity index (χ0v) is 7.46. The minimum atomic E-state index is -3.46. The highest BCUT2D eigenvalue weighted by molar-refractivity contribution is 8.14. The fourth-order valence-electron chi connectivity index (χ4n) is 0.224. The second-order valence-corrected chi connectivity index (χ2v) is 5.53. The molecule has 0 N–H and O–H groups in total. The van der Waals surface area contributed by atoms with Crippen molar-refractivity contribution < 1.29 is 8.42 Å². The van der Waals surface area contributed by atoms with Gasteiger partial charge in [-0.2, -0.15) is 0 Å². The van der Waals surface area contributed by atoms with Gasteiger partial charge in [-0.25, -0.2) is 8.42 Å². The van der Waals surface area contributed by atoms with Gasteiger partial charge in [0.05, 0.1) is 5.25 Å². The fraction of sp³-hybridized carbons (Fsp3) is 1.00. The number of hydrogen-bond donors (Lipinski definition) is 0. The summed E-state index contributed by atoms with van der Waals surface area (Å²) in [7, 11) is 1.50. The Morgan fingerprint density at radius 2 is 1.67 bits per heavy atom. The van der Waals surface area contributed by atoms with Crippen molar-refractivity contribution in [1.29, 1.82) is 0 Å². The maximum Gasteiger partial charge on any atom is 0.236 e. The third-order valence-electron chi connectivity index (χ3n) is 1.09. The van der Waals surface area contributed by atoms with Crippen LogP contribution in [0.15, 0.2) is 0 Å². The van der Waals surface area contributed by atoms with E-state index in [9.17, 15) is 8.42 Å². The molecule has 9 heavy (non-hydrogen) atoms. The summed E-state index contributed by atoms with van der Waals surface area (Å²) in [6.45, 7) is 3.06. The molecule has 0 radical (unpaired) electrons. The van der Waals surface area contributed by atoms with Crippen LogP contribution in [0.1, 0.15) is 13.8 Å². The van der Waals surface area contributed by atoms with Gasteiger partial charge in [-0.15, -0.1) is 11.6 Å². The molecule has 0 heterocycles. The van der Waals surface area contributed by atoms with Crippen molar-refractivity contribution in [3.05, 3.63) is 0 Å². The van der Waals surface area contributed by atoms with Crippen LogP contribution < -0.4 is 0 Å². The number of hydrogen-bond acceptors (Lipinski definition) is 2. The molecule has 0 aromatic heterocycles. The maximum absolute atomic E-state index is 10.5. The Morgan fingerprint density at radius 3 is 1.67 bits per heavy atom. The van der Waals surface area contributed by atoms with E-state index in [-0.39, 0.29) is 0 Å². The van der Waals surface area contributed by atoms with Crippen LogP contribution >= 0.6 is 22.3 Å². The highest BCUT2D eigenvalue weighted by atomic mass is 35.7. The molecular weight excluding hydrogens is 183 g/mol. The lowest BCUT2D eigenvalue weighted by atomic mass is 10.4. The third kappa shape index (κ3) is 3.28. The second-order valence-electron chi connectivity index (χ2n) is 1.86. The number of rotatable bonds is 2. The van der Waals surface area contributed by atoms with Crippen molar-refractivity contribution in [1.82, 2.24) is 0 Å². The van der Waals surface area contributed by atoms with Crippen LogP contribution in [0.2, 0.25) is 0 Å². The fourth-order valence-corrected chi connectivity index (χ4v) is 1.70. The van der Waals surface area contributed by atoms with Crippen LogP contribution in [0.5, 0.6) is 0 Å². The molecule has 0 aromatic rings.